The van der Waals surface area contributed by atoms with Gasteiger partial charge < -0.3 is 42.7 Å². The molecule has 0 bridgehead atoms. The molecule has 115 heavy (non-hydrogen) atoms. The van der Waals surface area contributed by atoms with Gasteiger partial charge in [0, 0.05) is 79.6 Å². The molecule has 11 amide bonds. The number of hydrogen-bond donors (Lipinski definition) is 10. The minimum Gasteiger partial charge on any atom is -0.480 e. The molecule has 4 aliphatic rings. The summed E-state index contributed by atoms with van der Waals surface area (Å²) in [6, 6.07) is 38.9. The lowest BCUT2D eigenvalue weighted by atomic mass is 9.94. The van der Waals surface area contributed by atoms with E-state index in [4.69, 9.17) is 10.8 Å². The SMILES string of the molecule is CNC(=O)c1cnc2ccc(CCCCCCCCCCCN)cc2c1Nc1ccccc1.CNC(=O)c1cnc2ccc(CCCCCCCCCCCNC(=O)[C@@H](C)Cc3cccc4c3C(=O)N(C3CCC(=O)NC3=O)C4=O)cc2c1Nc1ccccc1.C[C@@H](Nc1cccc2c1C(=O)N(C1CCC(=O)NC1=O)C2=O)C(=O)O. The Labute approximate surface area is 670 Å². The Morgan fingerprint density at radius 1 is 0.504 bits per heavy atom. The number of carbonyl (C=O) groups excluding carboxylic acids is 11. The zero-order valence-electron chi connectivity index (χ0n) is 66.0. The molecule has 2 aromatic heterocycles. The zero-order chi connectivity index (χ0) is 81.9. The lowest BCUT2D eigenvalue weighted by Gasteiger charge is -2.27. The number of piperidine rings is 2. The number of fused-ring (bicyclic) bond motifs is 4. The van der Waals surface area contributed by atoms with E-state index in [-0.39, 0.29) is 77.8 Å². The van der Waals surface area contributed by atoms with Crippen LogP contribution in [-0.4, -0.2) is 141 Å². The predicted molar refractivity (Wildman–Crippen MR) is 442 cm³/mol. The van der Waals surface area contributed by atoms with Crippen LogP contribution in [0.1, 0.15) is 234 Å². The second-order valence-electron chi connectivity index (χ2n) is 29.7. The van der Waals surface area contributed by atoms with Crippen molar-refractivity contribution in [3.63, 3.8) is 0 Å². The molecule has 4 aliphatic heterocycles. The highest BCUT2D eigenvalue weighted by molar-refractivity contribution is 6.26. The number of rotatable bonds is 37. The van der Waals surface area contributed by atoms with Crippen molar-refractivity contribution in [2.24, 2.45) is 11.7 Å². The Kier molecular flexibility index (Phi) is 31.3. The summed E-state index contributed by atoms with van der Waals surface area (Å²) in [6.07, 6.45) is 27.3. The van der Waals surface area contributed by atoms with Gasteiger partial charge >= 0.3 is 5.97 Å². The molecule has 4 atom stereocenters. The van der Waals surface area contributed by atoms with E-state index in [1.807, 2.05) is 66.7 Å². The van der Waals surface area contributed by atoms with Gasteiger partial charge in [0.25, 0.3) is 35.4 Å². The van der Waals surface area contributed by atoms with E-state index in [0.717, 1.165) is 119 Å². The van der Waals surface area contributed by atoms with Crippen LogP contribution in [0, 0.1) is 5.92 Å². The summed E-state index contributed by atoms with van der Waals surface area (Å²) in [5, 5.41) is 33.3. The molecule has 26 nitrogen and oxygen atoms in total. The van der Waals surface area contributed by atoms with Gasteiger partial charge in [-0.05, 0) is 155 Å². The predicted octanol–water partition coefficient (Wildman–Crippen LogP) is 13.1. The molecule has 8 aromatic rings. The van der Waals surface area contributed by atoms with Crippen LogP contribution in [0.5, 0.6) is 0 Å². The van der Waals surface area contributed by atoms with E-state index in [1.165, 1.54) is 107 Å². The first-order valence-corrected chi connectivity index (χ1v) is 40.3. The molecule has 0 radical (unpaired) electrons. The van der Waals surface area contributed by atoms with Crippen molar-refractivity contribution in [3.8, 4) is 0 Å². The molecule has 26 heteroatoms. The first-order chi connectivity index (χ1) is 55.7. The monoisotopic (exact) mass is 1560 g/mol. The van der Waals surface area contributed by atoms with Gasteiger partial charge in [0.15, 0.2) is 0 Å². The highest BCUT2D eigenvalue weighted by Crippen LogP contribution is 2.37. The Morgan fingerprint density at radius 2 is 0.930 bits per heavy atom. The maximum atomic E-state index is 13.4. The largest absolute Gasteiger partial charge is 0.480 e. The summed E-state index contributed by atoms with van der Waals surface area (Å²) in [5.74, 6) is -6.61. The van der Waals surface area contributed by atoms with Crippen molar-refractivity contribution < 1.29 is 62.6 Å². The number of benzene rings is 6. The smallest absolute Gasteiger partial charge is 0.325 e. The molecule has 6 heterocycles. The van der Waals surface area contributed by atoms with Gasteiger partial charge in [-0.1, -0.05) is 164 Å². The summed E-state index contributed by atoms with van der Waals surface area (Å²) in [4.78, 5) is 159. The normalized spacial score (nSPS) is 15.5. The average Bonchev–Trinajstić information content (AvgIpc) is 1.60. The number of amides is 11. The van der Waals surface area contributed by atoms with Gasteiger partial charge in [-0.2, -0.15) is 0 Å². The lowest BCUT2D eigenvalue weighted by molar-refractivity contribution is -0.138. The molecular formula is C89H105N13O13. The third-order valence-corrected chi connectivity index (χ3v) is 21.2. The standard InChI is InChI=1S/C45H52N6O6.C28H38N4O.C16H15N3O6/c1-29(26-31-17-15-20-33-39(31)45(57)51(44(33)56)37-23-24-38(52)50-43(37)55)41(53)47-25-14-9-7-5-3-4-6-8-11-16-30-21-22-36-34(27-30)40(35(28-48-36)42(54)46-2)49-32-18-12-10-13-19-32;1-30-28(33)25-21-31-26-18-17-22(14-10-7-5-3-2-4-6-8-13-19-29)20-24(26)27(25)32-23-15-11-9-12-16-23;1-7(16(24)25)17-9-4-2-3-8-12(9)15(23)19(14(8)22)10-5-6-11(20)18-13(10)21/h10,12-13,15,17-22,27-29,37H,3-9,11,14,16,23-26H2,1-2H3,(H,46,54)(H,47,53)(H,48,49)(H,50,52,55);9,11-12,15-18,20-21H,2-8,10,13-14,19,29H2,1H3,(H,30,33)(H,31,32);2-4,7,10,17H,5-6H2,1H3,(H,24,25)(H,18,20,21)/t29-,37?;;7-,10?/m0.1/s1. The third kappa shape index (κ3) is 22.5. The molecule has 0 saturated carbocycles. The van der Waals surface area contributed by atoms with Crippen LogP contribution in [-0.2, 0) is 48.0 Å². The number of para-hydroxylation sites is 2. The lowest BCUT2D eigenvalue weighted by Crippen LogP contribution is -2.54. The van der Waals surface area contributed by atoms with E-state index in [9.17, 15) is 57.5 Å². The molecule has 6 aromatic carbocycles. The van der Waals surface area contributed by atoms with E-state index >= 15 is 0 Å². The minimum atomic E-state index is -1.11. The number of aromatic nitrogens is 2. The number of nitrogens with one attached hydrogen (secondary N) is 8. The first-order valence-electron chi connectivity index (χ1n) is 40.3. The number of nitrogens with two attached hydrogens (primary N) is 1. The minimum absolute atomic E-state index is 0.0327. The number of pyridine rings is 2. The number of carboxylic acid groups (broad SMARTS) is 1. The fraction of sp³-hybridized carbons (Fsp3) is 0.393. The molecule has 0 spiro atoms. The molecule has 0 aliphatic carbocycles. The number of aryl methyl sites for hydroxylation is 2. The van der Waals surface area contributed by atoms with Crippen molar-refractivity contribution in [1.82, 2.24) is 46.4 Å². The summed E-state index contributed by atoms with van der Waals surface area (Å²) in [6.45, 7) is 4.61. The molecule has 2 saturated heterocycles. The second kappa shape index (κ2) is 42.2. The number of unbranched alkanes of at least 4 members (excludes halogenated alkanes) is 16. The third-order valence-electron chi connectivity index (χ3n) is 21.2. The van der Waals surface area contributed by atoms with E-state index in [1.54, 1.807) is 51.6 Å². The van der Waals surface area contributed by atoms with E-state index in [2.05, 4.69) is 82.8 Å². The van der Waals surface area contributed by atoms with E-state index in [0.29, 0.717) is 23.2 Å². The highest BCUT2D eigenvalue weighted by Gasteiger charge is 2.47. The van der Waals surface area contributed by atoms with Gasteiger partial charge in [0.1, 0.15) is 18.1 Å². The van der Waals surface area contributed by atoms with Crippen molar-refractivity contribution in [2.75, 3.05) is 43.1 Å². The first kappa shape index (κ1) is 85.4. The van der Waals surface area contributed by atoms with Crippen LogP contribution in [0.15, 0.2) is 146 Å². The Bertz CT molecular complexity index is 4860. The molecule has 12 rings (SSSR count). The molecule has 11 N–H and O–H groups in total. The summed E-state index contributed by atoms with van der Waals surface area (Å²) >= 11 is 0. The Balaban J connectivity index is 0.000000202. The fourth-order valence-corrected chi connectivity index (χ4v) is 14.9. The quantitative estimate of drug-likeness (QED) is 0.0128. The van der Waals surface area contributed by atoms with Gasteiger partial charge in [0.2, 0.25) is 29.5 Å². The highest BCUT2D eigenvalue weighted by atomic mass is 16.4. The van der Waals surface area contributed by atoms with Crippen LogP contribution < -0.4 is 48.3 Å². The molecule has 604 valence electrons. The van der Waals surface area contributed by atoms with Crippen LogP contribution in [0.25, 0.3) is 21.8 Å². The van der Waals surface area contributed by atoms with Gasteiger partial charge in [-0.3, -0.25) is 87.9 Å². The van der Waals surface area contributed by atoms with Gasteiger partial charge in [-0.15, -0.1) is 0 Å². The number of aliphatic carboxylic acids is 1. The van der Waals surface area contributed by atoms with Crippen molar-refractivity contribution in [2.45, 2.75) is 192 Å². The van der Waals surface area contributed by atoms with Crippen LogP contribution in [0.4, 0.5) is 28.4 Å². The fourth-order valence-electron chi connectivity index (χ4n) is 14.9. The number of carbonyl (C=O) groups is 12. The summed E-state index contributed by atoms with van der Waals surface area (Å²) in [5.41, 5.74) is 15.7. The molecular weight excluding hydrogens is 1460 g/mol. The topological polar surface area (TPSA) is 380 Å². The van der Waals surface area contributed by atoms with Crippen molar-refractivity contribution in [3.05, 3.63) is 196 Å². The Hall–Kier alpha value is -12.1. The van der Waals surface area contributed by atoms with Crippen molar-refractivity contribution in [1.29, 1.82) is 0 Å². The zero-order valence-corrected chi connectivity index (χ0v) is 66.0. The average molecular weight is 1560 g/mol. The van der Waals surface area contributed by atoms with Crippen molar-refractivity contribution >= 4 is 121 Å². The van der Waals surface area contributed by atoms with Crippen LogP contribution in [0.2, 0.25) is 0 Å². The number of carboxylic acids is 1. The maximum absolute atomic E-state index is 13.4. The number of nitrogens with zero attached hydrogens (tertiary/aromatic N) is 4. The molecule has 2 fully saturated rings. The summed E-state index contributed by atoms with van der Waals surface area (Å²) in [7, 11) is 3.27. The van der Waals surface area contributed by atoms with Gasteiger partial charge in [-0.25, -0.2) is 0 Å². The van der Waals surface area contributed by atoms with E-state index < -0.39 is 77.3 Å². The number of imide groups is 4. The van der Waals surface area contributed by atoms with Gasteiger partial charge in [0.05, 0.1) is 55.8 Å². The van der Waals surface area contributed by atoms with Crippen LogP contribution >= 0.6 is 0 Å². The number of anilines is 5. The Morgan fingerprint density at radius 3 is 1.37 bits per heavy atom. The summed E-state index contributed by atoms with van der Waals surface area (Å²) < 4.78 is 0. The maximum Gasteiger partial charge on any atom is 0.325 e. The molecule has 2 unspecified atom stereocenters. The second-order valence-corrected chi connectivity index (χ2v) is 29.7. The van der Waals surface area contributed by atoms with Crippen LogP contribution in [0.3, 0.4) is 0 Å². The number of hydrogen-bond acceptors (Lipinski definition) is 18.